The van der Waals surface area contributed by atoms with E-state index in [-0.39, 0.29) is 24.8 Å². The first-order valence-corrected chi connectivity index (χ1v) is 11.1. The molecule has 1 saturated carbocycles. The molecule has 2 aromatic rings. The molecular weight excluding hydrogens is 623 g/mol. The van der Waals surface area contributed by atoms with Crippen molar-refractivity contribution < 1.29 is 52.7 Å². The molecule has 2 nitrogen and oxygen atoms in total. The van der Waals surface area contributed by atoms with Crippen molar-refractivity contribution in [2.45, 2.75) is 65.1 Å². The summed E-state index contributed by atoms with van der Waals surface area (Å²) >= 11 is -0.651. The van der Waals surface area contributed by atoms with Crippen LogP contribution in [0.25, 0.3) is 10.9 Å². The fourth-order valence-corrected chi connectivity index (χ4v) is 4.39. The van der Waals surface area contributed by atoms with Crippen molar-refractivity contribution in [1.29, 1.82) is 0 Å². The zero-order chi connectivity index (χ0) is 26.7. The van der Waals surface area contributed by atoms with Gasteiger partial charge in [-0.2, -0.15) is 52.7 Å². The van der Waals surface area contributed by atoms with E-state index in [0.717, 1.165) is 6.20 Å². The second kappa shape index (κ2) is 8.78. The molecule has 1 fully saturated rings. The summed E-state index contributed by atoms with van der Waals surface area (Å²) in [5.41, 5.74) is 0.192. The van der Waals surface area contributed by atoms with Crippen LogP contribution in [-0.2, 0) is 0 Å². The molecule has 0 aliphatic heterocycles. The number of hydrogen-bond acceptors (Lipinski definition) is 2. The molecule has 1 heterocycles. The van der Waals surface area contributed by atoms with Gasteiger partial charge in [0.1, 0.15) is 5.82 Å². The second-order valence-electron chi connectivity index (χ2n) is 8.20. The Morgan fingerprint density at radius 3 is 1.86 bits per heavy atom. The number of aromatic nitrogens is 2. The van der Waals surface area contributed by atoms with E-state index in [1.807, 2.05) is 0 Å². The van der Waals surface area contributed by atoms with E-state index in [2.05, 4.69) is 9.97 Å². The fraction of sp³-hybridized carbons (Fsp3) is 0.600. The number of fused-ring (bicyclic) bond motifs is 1. The van der Waals surface area contributed by atoms with E-state index in [1.54, 1.807) is 6.07 Å². The van der Waals surface area contributed by atoms with Crippen molar-refractivity contribution in [2.24, 2.45) is 5.92 Å². The molecule has 0 bridgehead atoms. The Morgan fingerprint density at radius 1 is 0.714 bits per heavy atom. The molecule has 0 spiro atoms. The lowest BCUT2D eigenvalue weighted by molar-refractivity contribution is -0.420. The molecule has 35 heavy (non-hydrogen) atoms. The van der Waals surface area contributed by atoms with Crippen molar-refractivity contribution in [2.75, 3.05) is 0 Å². The van der Waals surface area contributed by atoms with Crippen LogP contribution in [0.1, 0.15) is 37.4 Å². The summed E-state index contributed by atoms with van der Waals surface area (Å²) < 4.78 is 162. The average molecular weight is 638 g/mol. The van der Waals surface area contributed by atoms with E-state index >= 15 is 0 Å². The van der Waals surface area contributed by atoms with Gasteiger partial charge in [-0.3, -0.25) is 0 Å². The summed E-state index contributed by atoms with van der Waals surface area (Å²) in [6.07, 6.45) is -0.108. The lowest BCUT2D eigenvalue weighted by Gasteiger charge is -2.44. The van der Waals surface area contributed by atoms with Crippen LogP contribution in [0.4, 0.5) is 52.7 Å². The normalized spacial score (nSPS) is 21.4. The van der Waals surface area contributed by atoms with E-state index in [0.29, 0.717) is 5.39 Å². The third-order valence-corrected chi connectivity index (χ3v) is 6.71. The molecule has 2 unspecified atom stereocenters. The molecule has 1 aliphatic carbocycles. The van der Waals surface area contributed by atoms with E-state index in [9.17, 15) is 52.7 Å². The third-order valence-electron chi connectivity index (χ3n) is 6.03. The lowest BCUT2D eigenvalue weighted by Crippen LogP contribution is -2.71. The third kappa shape index (κ3) is 4.22. The molecule has 15 heteroatoms. The highest BCUT2D eigenvalue weighted by atomic mass is 127. The quantitative estimate of drug-likeness (QED) is 0.174. The van der Waals surface area contributed by atoms with Crippen LogP contribution in [0.5, 0.6) is 0 Å². The zero-order valence-electron chi connectivity index (χ0n) is 17.2. The van der Waals surface area contributed by atoms with Crippen LogP contribution in [0.2, 0.25) is 0 Å². The number of benzene rings is 1. The largest absolute Gasteiger partial charge is 0.387 e. The number of para-hydroxylation sites is 1. The number of rotatable bonds is 7. The second-order valence-corrected chi connectivity index (χ2v) is 9.56. The standard InChI is InChI=1S/C20H15F12IN2/c21-15(22,16(23,24)17(25,26)18(27,28)19(29,30)20(31,32)33)12-7-3-2-6-11(12)14-34-9-10-5-1-4-8-13(10)35-14/h1,4-5,8-9,11-12H,2-3,6-7H2. The van der Waals surface area contributed by atoms with Crippen LogP contribution in [0.15, 0.2) is 30.5 Å². The molecule has 1 aromatic carbocycles. The Bertz CT molecular complexity index is 1070. The van der Waals surface area contributed by atoms with E-state index in [4.69, 9.17) is 0 Å². The molecule has 0 N–H and O–H groups in total. The molecule has 0 radical (unpaired) electrons. The first-order valence-electron chi connectivity index (χ1n) is 9.98. The first kappa shape index (κ1) is 28.0. The van der Waals surface area contributed by atoms with Gasteiger partial charge in [0.05, 0.1) is 5.52 Å². The molecule has 1 aliphatic rings. The van der Waals surface area contributed by atoms with Gasteiger partial charge in [-0.15, -0.1) is 0 Å². The van der Waals surface area contributed by atoms with Crippen LogP contribution < -0.4 is 0 Å². The maximum Gasteiger partial charge on any atom is 0.387 e. The molecule has 0 saturated heterocycles. The number of alkyl halides is 13. The van der Waals surface area contributed by atoms with Gasteiger partial charge in [0.25, 0.3) is 0 Å². The summed E-state index contributed by atoms with van der Waals surface area (Å²) in [6.45, 7) is 0. The Morgan fingerprint density at radius 2 is 1.26 bits per heavy atom. The topological polar surface area (TPSA) is 25.8 Å². The fourth-order valence-electron chi connectivity index (χ4n) is 4.05. The van der Waals surface area contributed by atoms with Crippen LogP contribution >= 0.6 is 22.6 Å². The summed E-state index contributed by atoms with van der Waals surface area (Å²) in [5.74, 6) is -40.3. The lowest BCUT2D eigenvalue weighted by atomic mass is 9.72. The van der Waals surface area contributed by atoms with Crippen LogP contribution in [-0.4, -0.2) is 43.5 Å². The van der Waals surface area contributed by atoms with Gasteiger partial charge in [-0.05, 0) is 18.9 Å². The predicted octanol–water partition coefficient (Wildman–Crippen LogP) is 8.11. The van der Waals surface area contributed by atoms with Gasteiger partial charge < -0.3 is 0 Å². The highest BCUT2D eigenvalue weighted by Crippen LogP contribution is 2.63. The molecule has 0 amide bonds. The van der Waals surface area contributed by atoms with Crippen molar-refractivity contribution in [1.82, 2.24) is 9.97 Å². The smallest absolute Gasteiger partial charge is 0.240 e. The predicted molar refractivity (Wildman–Crippen MR) is 108 cm³/mol. The number of hydrogen-bond donors (Lipinski definition) is 0. The summed E-state index contributed by atoms with van der Waals surface area (Å²) in [4.78, 5) is 7.80. The highest BCUT2D eigenvalue weighted by molar-refractivity contribution is 14.1. The minimum absolute atomic E-state index is 0.144. The Kier molecular flexibility index (Phi) is 7.03. The number of halogens is 13. The van der Waals surface area contributed by atoms with Gasteiger partial charge in [0.15, 0.2) is 0 Å². The highest BCUT2D eigenvalue weighted by Gasteiger charge is 2.90. The molecule has 196 valence electrons. The summed E-state index contributed by atoms with van der Waals surface area (Å²) in [5, 5.41) is 0.425. The van der Waals surface area contributed by atoms with E-state index < -0.39 is 80.2 Å². The van der Waals surface area contributed by atoms with Gasteiger partial charge >= 0.3 is 33.5 Å². The van der Waals surface area contributed by atoms with Gasteiger partial charge in [-0.1, -0.05) is 31.0 Å². The maximum atomic E-state index is 15.0. The van der Waals surface area contributed by atoms with Crippen molar-refractivity contribution in [3.63, 3.8) is 0 Å². The monoisotopic (exact) mass is 638 g/mol. The van der Waals surface area contributed by atoms with Gasteiger partial charge in [0, 0.05) is 46.0 Å². The number of nitrogens with zero attached hydrogens (tertiary/aromatic N) is 2. The molecular formula is C20H15F12IN2. The van der Waals surface area contributed by atoms with Gasteiger partial charge in [-0.25, -0.2) is 9.97 Å². The maximum absolute atomic E-state index is 15.0. The molecule has 3 rings (SSSR count). The SMILES string of the molecule is FC(F)(I)C(F)(F)C(F)(F)C(F)(F)C(F)(F)C(F)(F)C1CCCCC1c1ncc2ccccc2n1. The average Bonchev–Trinajstić information content (AvgIpc) is 2.77. The summed E-state index contributed by atoms with van der Waals surface area (Å²) in [6, 6.07) is 6.05. The zero-order valence-corrected chi connectivity index (χ0v) is 19.3. The molecule has 1 aromatic heterocycles. The van der Waals surface area contributed by atoms with Crippen molar-refractivity contribution >= 4 is 33.5 Å². The summed E-state index contributed by atoms with van der Waals surface area (Å²) in [7, 11) is 0. The Balaban J connectivity index is 2.06. The van der Waals surface area contributed by atoms with Crippen LogP contribution in [0.3, 0.4) is 0 Å². The van der Waals surface area contributed by atoms with Crippen LogP contribution in [0, 0.1) is 5.92 Å². The minimum atomic E-state index is -7.56. The van der Waals surface area contributed by atoms with Crippen molar-refractivity contribution in [3.05, 3.63) is 36.3 Å². The Hall–Kier alpha value is -1.55. The molecule has 2 atom stereocenters. The van der Waals surface area contributed by atoms with E-state index in [1.165, 1.54) is 18.2 Å². The van der Waals surface area contributed by atoms with Crippen molar-refractivity contribution in [3.8, 4) is 0 Å². The minimum Gasteiger partial charge on any atom is -0.240 e. The Labute approximate surface area is 203 Å². The first-order chi connectivity index (χ1) is 15.8. The van der Waals surface area contributed by atoms with Gasteiger partial charge in [0.2, 0.25) is 0 Å².